The van der Waals surface area contributed by atoms with Crippen molar-refractivity contribution in [3.05, 3.63) is 52.8 Å². The highest BCUT2D eigenvalue weighted by Crippen LogP contribution is 2.26. The third kappa shape index (κ3) is 4.50. The van der Waals surface area contributed by atoms with Crippen molar-refractivity contribution < 1.29 is 8.42 Å². The molecular weight excluding hydrogens is 334 g/mol. The molecule has 1 aliphatic heterocycles. The van der Waals surface area contributed by atoms with Crippen LogP contribution in [-0.4, -0.2) is 36.2 Å². The van der Waals surface area contributed by atoms with Crippen LogP contribution in [0.2, 0.25) is 0 Å². The minimum Gasteiger partial charge on any atom is -0.313 e. The molecule has 136 valence electrons. The summed E-state index contributed by atoms with van der Waals surface area (Å²) in [6.45, 7) is 5.79. The summed E-state index contributed by atoms with van der Waals surface area (Å²) in [6, 6.07) is 10.5. The summed E-state index contributed by atoms with van der Waals surface area (Å²) in [5, 5.41) is 8.12. The molecule has 2 heterocycles. The first-order valence-corrected chi connectivity index (χ1v) is 10.8. The Hall–Kier alpha value is -1.66. The van der Waals surface area contributed by atoms with Crippen molar-refractivity contribution in [1.29, 1.82) is 0 Å². The lowest BCUT2D eigenvalue weighted by Gasteiger charge is -2.12. The van der Waals surface area contributed by atoms with Crippen LogP contribution in [0, 0.1) is 13.8 Å². The lowest BCUT2D eigenvalue weighted by Crippen LogP contribution is -2.17. The fourth-order valence-corrected chi connectivity index (χ4v) is 5.24. The molecule has 1 aliphatic rings. The largest absolute Gasteiger partial charge is 0.313 e. The van der Waals surface area contributed by atoms with Gasteiger partial charge >= 0.3 is 0 Å². The van der Waals surface area contributed by atoms with Crippen LogP contribution < -0.4 is 5.32 Å². The van der Waals surface area contributed by atoms with Crippen LogP contribution in [0.25, 0.3) is 0 Å². The molecule has 0 saturated carbocycles. The van der Waals surface area contributed by atoms with Crippen molar-refractivity contribution in [2.24, 2.45) is 0 Å². The number of hydrogen-bond donors (Lipinski definition) is 1. The monoisotopic (exact) mass is 361 g/mol. The van der Waals surface area contributed by atoms with Gasteiger partial charge in [0.05, 0.1) is 23.2 Å². The molecule has 1 aromatic heterocycles. The maximum Gasteiger partial charge on any atom is 0.152 e. The van der Waals surface area contributed by atoms with E-state index < -0.39 is 9.84 Å². The number of sulfone groups is 1. The zero-order valence-corrected chi connectivity index (χ0v) is 15.8. The van der Waals surface area contributed by atoms with Crippen LogP contribution in [0.5, 0.6) is 0 Å². The van der Waals surface area contributed by atoms with Crippen LogP contribution >= 0.6 is 0 Å². The summed E-state index contributed by atoms with van der Waals surface area (Å²) in [6.07, 6.45) is 2.84. The van der Waals surface area contributed by atoms with Crippen molar-refractivity contribution in [3.8, 4) is 0 Å². The van der Waals surface area contributed by atoms with Crippen LogP contribution in [0.4, 0.5) is 0 Å². The first-order chi connectivity index (χ1) is 12.0. The van der Waals surface area contributed by atoms with Crippen molar-refractivity contribution in [2.45, 2.75) is 45.7 Å². The molecule has 6 heteroatoms. The molecule has 2 aromatic rings. The highest BCUT2D eigenvalue weighted by atomic mass is 32.2. The Balaban J connectivity index is 1.53. The van der Waals surface area contributed by atoms with Gasteiger partial charge in [0.25, 0.3) is 0 Å². The molecule has 0 amide bonds. The van der Waals surface area contributed by atoms with E-state index in [2.05, 4.69) is 34.7 Å². The van der Waals surface area contributed by atoms with Gasteiger partial charge in [-0.15, -0.1) is 0 Å². The minimum absolute atomic E-state index is 0.00414. The van der Waals surface area contributed by atoms with Crippen molar-refractivity contribution >= 4 is 9.84 Å². The predicted octanol–water partition coefficient (Wildman–Crippen LogP) is 2.58. The van der Waals surface area contributed by atoms with E-state index in [-0.39, 0.29) is 17.5 Å². The summed E-state index contributed by atoms with van der Waals surface area (Å²) >= 11 is 0. The van der Waals surface area contributed by atoms with Gasteiger partial charge in [0.2, 0.25) is 0 Å². The molecule has 1 atom stereocenters. The second-order valence-corrected chi connectivity index (χ2v) is 9.15. The number of rotatable bonds is 7. The van der Waals surface area contributed by atoms with E-state index in [1.165, 1.54) is 11.1 Å². The molecule has 3 rings (SSSR count). The van der Waals surface area contributed by atoms with Gasteiger partial charge in [0.15, 0.2) is 9.84 Å². The molecule has 0 spiro atoms. The normalized spacial score (nSPS) is 19.4. The molecule has 1 fully saturated rings. The van der Waals surface area contributed by atoms with E-state index in [0.717, 1.165) is 37.3 Å². The van der Waals surface area contributed by atoms with Crippen LogP contribution in [0.1, 0.15) is 41.4 Å². The quantitative estimate of drug-likeness (QED) is 0.770. The molecule has 1 saturated heterocycles. The molecule has 0 bridgehead atoms. The van der Waals surface area contributed by atoms with E-state index in [9.17, 15) is 8.42 Å². The van der Waals surface area contributed by atoms with E-state index in [0.29, 0.717) is 6.42 Å². The first kappa shape index (κ1) is 18.1. The second kappa shape index (κ2) is 7.70. The Morgan fingerprint density at radius 1 is 1.24 bits per heavy atom. The second-order valence-electron chi connectivity index (χ2n) is 6.92. The molecule has 1 unspecified atom stereocenters. The Morgan fingerprint density at radius 3 is 2.68 bits per heavy atom. The standard InChI is InChI=1S/C19H27N3O2S/c1-15-19(13-20-11-6-9-17-7-4-3-5-8-17)16(2)22(21-15)18-10-12-25(23,24)14-18/h3-5,7-8,18,20H,6,9-14H2,1-2H3. The molecule has 0 radical (unpaired) electrons. The summed E-state index contributed by atoms with van der Waals surface area (Å²) in [5.41, 5.74) is 4.66. The molecule has 1 aromatic carbocycles. The summed E-state index contributed by atoms with van der Waals surface area (Å²) in [7, 11) is -2.89. The molecule has 0 aliphatic carbocycles. The van der Waals surface area contributed by atoms with Crippen LogP contribution in [-0.2, 0) is 22.8 Å². The van der Waals surface area contributed by atoms with Gasteiger partial charge in [0.1, 0.15) is 0 Å². The fourth-order valence-electron chi connectivity index (χ4n) is 3.55. The summed E-state index contributed by atoms with van der Waals surface area (Å²) < 4.78 is 25.4. The molecule has 1 N–H and O–H groups in total. The number of nitrogens with zero attached hydrogens (tertiary/aromatic N) is 2. The molecular formula is C19H27N3O2S. The number of aryl methyl sites for hydroxylation is 2. The van der Waals surface area contributed by atoms with Gasteiger partial charge in [-0.1, -0.05) is 30.3 Å². The SMILES string of the molecule is Cc1nn(C2CCS(=O)(=O)C2)c(C)c1CNCCCc1ccccc1. The average Bonchev–Trinajstić information content (AvgIpc) is 3.08. The summed E-state index contributed by atoms with van der Waals surface area (Å²) in [5.74, 6) is 0.502. The number of nitrogens with one attached hydrogen (secondary N) is 1. The fraction of sp³-hybridized carbons (Fsp3) is 0.526. The molecule has 25 heavy (non-hydrogen) atoms. The number of aromatic nitrogens is 2. The van der Waals surface area contributed by atoms with Gasteiger partial charge in [-0.05, 0) is 45.2 Å². The van der Waals surface area contributed by atoms with Gasteiger partial charge in [0, 0.05) is 17.8 Å². The molecule has 5 nitrogen and oxygen atoms in total. The zero-order valence-electron chi connectivity index (χ0n) is 15.0. The lowest BCUT2D eigenvalue weighted by molar-refractivity contribution is 0.485. The van der Waals surface area contributed by atoms with Crippen LogP contribution in [0.15, 0.2) is 30.3 Å². The number of hydrogen-bond acceptors (Lipinski definition) is 4. The van der Waals surface area contributed by atoms with Gasteiger partial charge in [-0.25, -0.2) is 8.42 Å². The highest BCUT2D eigenvalue weighted by Gasteiger charge is 2.31. The van der Waals surface area contributed by atoms with E-state index in [4.69, 9.17) is 0 Å². The Bertz CT molecular complexity index is 813. The topological polar surface area (TPSA) is 64.0 Å². The van der Waals surface area contributed by atoms with Gasteiger partial charge in [-0.2, -0.15) is 5.10 Å². The Labute approximate surface area is 150 Å². The minimum atomic E-state index is -2.89. The highest BCUT2D eigenvalue weighted by molar-refractivity contribution is 7.91. The van der Waals surface area contributed by atoms with Gasteiger partial charge in [-0.3, -0.25) is 4.68 Å². The third-order valence-electron chi connectivity index (χ3n) is 4.99. The maximum atomic E-state index is 11.7. The van der Waals surface area contributed by atoms with E-state index in [1.807, 2.05) is 24.6 Å². The average molecular weight is 362 g/mol. The third-order valence-corrected chi connectivity index (χ3v) is 6.74. The zero-order chi connectivity index (χ0) is 17.9. The smallest absolute Gasteiger partial charge is 0.152 e. The van der Waals surface area contributed by atoms with Crippen molar-refractivity contribution in [3.63, 3.8) is 0 Å². The summed E-state index contributed by atoms with van der Waals surface area (Å²) in [4.78, 5) is 0. The maximum absolute atomic E-state index is 11.7. The van der Waals surface area contributed by atoms with Crippen molar-refractivity contribution in [2.75, 3.05) is 18.1 Å². The first-order valence-electron chi connectivity index (χ1n) is 8.96. The van der Waals surface area contributed by atoms with Crippen LogP contribution in [0.3, 0.4) is 0 Å². The Kier molecular flexibility index (Phi) is 5.59. The lowest BCUT2D eigenvalue weighted by atomic mass is 10.1. The van der Waals surface area contributed by atoms with E-state index in [1.54, 1.807) is 0 Å². The van der Waals surface area contributed by atoms with E-state index >= 15 is 0 Å². The van der Waals surface area contributed by atoms with Gasteiger partial charge < -0.3 is 5.32 Å². The predicted molar refractivity (Wildman–Crippen MR) is 100 cm³/mol. The number of benzene rings is 1. The Morgan fingerprint density at radius 2 is 2.00 bits per heavy atom. The van der Waals surface area contributed by atoms with Crippen molar-refractivity contribution in [1.82, 2.24) is 15.1 Å².